The van der Waals surface area contributed by atoms with Crippen LogP contribution in [0.5, 0.6) is 0 Å². The number of aromatic amines is 1. The number of halogens is 1. The molecule has 6 rings (SSSR count). The van der Waals surface area contributed by atoms with Crippen molar-refractivity contribution >= 4 is 27.9 Å². The molecule has 1 N–H and O–H groups in total. The second kappa shape index (κ2) is 8.19. The van der Waals surface area contributed by atoms with Gasteiger partial charge in [0.1, 0.15) is 11.6 Å². The monoisotopic (exact) mass is 457 g/mol. The number of fused-ring (bicyclic) bond motifs is 4. The van der Waals surface area contributed by atoms with Crippen LogP contribution in [-0.4, -0.2) is 28.0 Å². The second-order valence-corrected chi connectivity index (χ2v) is 10.1. The Balaban J connectivity index is 1.17. The molecule has 0 radical (unpaired) electrons. The highest BCUT2D eigenvalue weighted by Gasteiger charge is 2.46. The molecule has 2 aliphatic rings. The number of rotatable bonds is 5. The number of hydrogen-bond donors (Lipinski definition) is 1. The van der Waals surface area contributed by atoms with Gasteiger partial charge in [-0.3, -0.25) is 4.98 Å². The minimum Gasteiger partial charge on any atom is -0.465 e. The van der Waals surface area contributed by atoms with E-state index in [1.807, 2.05) is 12.3 Å². The van der Waals surface area contributed by atoms with Gasteiger partial charge >= 0.3 is 5.97 Å². The molecular formula is C28H28FN3O2. The van der Waals surface area contributed by atoms with Gasteiger partial charge in [0, 0.05) is 17.5 Å². The van der Waals surface area contributed by atoms with E-state index in [0.29, 0.717) is 35.2 Å². The second-order valence-electron chi connectivity index (χ2n) is 10.1. The fraction of sp³-hybridized carbons (Fsp3) is 0.393. The van der Waals surface area contributed by atoms with Crippen LogP contribution in [-0.2, 0) is 4.74 Å². The number of nitrogens with one attached hydrogen (secondary N) is 1. The number of benzene rings is 2. The largest absolute Gasteiger partial charge is 0.465 e. The molecule has 6 heteroatoms. The van der Waals surface area contributed by atoms with Crippen molar-refractivity contribution in [1.82, 2.24) is 15.0 Å². The number of hydrogen-bond acceptors (Lipinski definition) is 4. The summed E-state index contributed by atoms with van der Waals surface area (Å²) in [5.74, 6) is 3.27. The summed E-state index contributed by atoms with van der Waals surface area (Å²) in [6, 6.07) is 12.5. The molecule has 5 unspecified atom stereocenters. The quantitative estimate of drug-likeness (QED) is 0.354. The Morgan fingerprint density at radius 1 is 1.12 bits per heavy atom. The number of aromatic nitrogens is 3. The van der Waals surface area contributed by atoms with E-state index in [9.17, 15) is 9.18 Å². The van der Waals surface area contributed by atoms with Crippen LogP contribution in [0.15, 0.2) is 48.7 Å². The normalized spacial score (nSPS) is 24.7. The molecule has 2 saturated carbocycles. The van der Waals surface area contributed by atoms with Crippen LogP contribution in [0.4, 0.5) is 4.39 Å². The molecule has 174 valence electrons. The highest BCUT2D eigenvalue weighted by atomic mass is 19.1. The lowest BCUT2D eigenvalue weighted by Crippen LogP contribution is -2.19. The minimum absolute atomic E-state index is 0.193. The molecule has 2 aromatic heterocycles. The van der Waals surface area contributed by atoms with Gasteiger partial charge in [0.2, 0.25) is 0 Å². The number of ether oxygens (including phenoxy) is 1. The first kappa shape index (κ1) is 21.3. The van der Waals surface area contributed by atoms with Crippen LogP contribution in [0.1, 0.15) is 66.2 Å². The Morgan fingerprint density at radius 2 is 2.00 bits per heavy atom. The highest BCUT2D eigenvalue weighted by molar-refractivity contribution is 5.93. The van der Waals surface area contributed by atoms with Gasteiger partial charge < -0.3 is 9.72 Å². The van der Waals surface area contributed by atoms with Gasteiger partial charge in [0.15, 0.2) is 0 Å². The van der Waals surface area contributed by atoms with E-state index in [-0.39, 0.29) is 11.8 Å². The van der Waals surface area contributed by atoms with E-state index in [2.05, 4.69) is 23.0 Å². The Labute approximate surface area is 197 Å². The predicted molar refractivity (Wildman–Crippen MR) is 129 cm³/mol. The standard InChI is InChI=1S/C28H28FN3O2/c1-15(27-31-25-5-3-16(28(33)34-2)13-26(25)32-27)9-17-10-19-11-18(17)12-22(19)21-7-8-30-24-6-4-20(29)14-23(21)24/h3-8,13-15,17-19,22H,9-12H2,1-2H3,(H,31,32). The van der Waals surface area contributed by atoms with Crippen molar-refractivity contribution in [3.8, 4) is 0 Å². The Hall–Kier alpha value is -3.28. The molecule has 5 nitrogen and oxygen atoms in total. The van der Waals surface area contributed by atoms with Crippen molar-refractivity contribution in [3.05, 3.63) is 71.4 Å². The van der Waals surface area contributed by atoms with E-state index < -0.39 is 0 Å². The van der Waals surface area contributed by atoms with Crippen LogP contribution in [0.2, 0.25) is 0 Å². The lowest BCUT2D eigenvalue weighted by atomic mass is 9.75. The molecule has 0 aliphatic heterocycles. The van der Waals surface area contributed by atoms with Crippen molar-refractivity contribution < 1.29 is 13.9 Å². The van der Waals surface area contributed by atoms with Gasteiger partial charge in [-0.1, -0.05) is 6.92 Å². The van der Waals surface area contributed by atoms with Crippen molar-refractivity contribution in [1.29, 1.82) is 0 Å². The maximum absolute atomic E-state index is 14.0. The van der Waals surface area contributed by atoms with Gasteiger partial charge in [-0.2, -0.15) is 0 Å². The van der Waals surface area contributed by atoms with E-state index in [1.165, 1.54) is 38.0 Å². The average molecular weight is 458 g/mol. The summed E-state index contributed by atoms with van der Waals surface area (Å²) in [7, 11) is 1.39. The number of carbonyl (C=O) groups excluding carboxylic acids is 1. The zero-order valence-corrected chi connectivity index (χ0v) is 19.4. The Morgan fingerprint density at radius 3 is 2.79 bits per heavy atom. The number of imidazole rings is 1. The maximum atomic E-state index is 14.0. The van der Waals surface area contributed by atoms with Gasteiger partial charge in [-0.05, 0) is 97.4 Å². The third kappa shape index (κ3) is 3.56. The van der Waals surface area contributed by atoms with Gasteiger partial charge in [-0.25, -0.2) is 14.2 Å². The van der Waals surface area contributed by atoms with Crippen LogP contribution in [0.25, 0.3) is 21.9 Å². The summed E-state index contributed by atoms with van der Waals surface area (Å²) in [5.41, 5.74) is 4.41. The van der Waals surface area contributed by atoms with Crippen molar-refractivity contribution in [2.45, 2.75) is 44.4 Å². The van der Waals surface area contributed by atoms with Crippen LogP contribution >= 0.6 is 0 Å². The molecule has 0 saturated heterocycles. The number of pyridine rings is 1. The molecule has 34 heavy (non-hydrogen) atoms. The number of H-pyrrole nitrogens is 1. The lowest BCUT2D eigenvalue weighted by molar-refractivity contribution is 0.0601. The zero-order chi connectivity index (χ0) is 23.4. The summed E-state index contributed by atoms with van der Waals surface area (Å²) >= 11 is 0. The lowest BCUT2D eigenvalue weighted by Gasteiger charge is -2.30. The van der Waals surface area contributed by atoms with Crippen LogP contribution in [0.3, 0.4) is 0 Å². The molecule has 5 atom stereocenters. The summed E-state index contributed by atoms with van der Waals surface area (Å²) in [6.07, 6.45) is 6.60. The highest BCUT2D eigenvalue weighted by Crippen LogP contribution is 2.58. The van der Waals surface area contributed by atoms with Gasteiger partial charge in [-0.15, -0.1) is 0 Å². The fourth-order valence-corrected chi connectivity index (χ4v) is 6.60. The SMILES string of the molecule is COC(=O)c1ccc2[nH]c(C(C)CC3CC4CC3CC4c3ccnc4ccc(F)cc34)nc2c1. The van der Waals surface area contributed by atoms with Crippen molar-refractivity contribution in [2.24, 2.45) is 17.8 Å². The zero-order valence-electron chi connectivity index (χ0n) is 19.4. The predicted octanol–water partition coefficient (Wildman–Crippen LogP) is 6.36. The molecule has 2 bridgehead atoms. The Kier molecular flexibility index (Phi) is 5.12. The molecule has 2 aliphatic carbocycles. The van der Waals surface area contributed by atoms with Crippen LogP contribution < -0.4 is 0 Å². The number of carbonyl (C=O) groups is 1. The molecule has 0 spiro atoms. The van der Waals surface area contributed by atoms with E-state index in [4.69, 9.17) is 9.72 Å². The van der Waals surface area contributed by atoms with Gasteiger partial charge in [0.05, 0.1) is 29.2 Å². The summed E-state index contributed by atoms with van der Waals surface area (Å²) < 4.78 is 18.8. The number of methoxy groups -OCH3 is 1. The maximum Gasteiger partial charge on any atom is 0.337 e. The Bertz CT molecular complexity index is 1400. The number of esters is 1. The molecular weight excluding hydrogens is 429 g/mol. The van der Waals surface area contributed by atoms with Crippen LogP contribution in [0, 0.1) is 23.6 Å². The van der Waals surface area contributed by atoms with E-state index >= 15 is 0 Å². The first-order chi connectivity index (χ1) is 16.5. The average Bonchev–Trinajstić information content (AvgIpc) is 3.56. The van der Waals surface area contributed by atoms with Crippen molar-refractivity contribution in [3.63, 3.8) is 0 Å². The molecule has 2 fully saturated rings. The fourth-order valence-electron chi connectivity index (χ4n) is 6.60. The molecule has 2 heterocycles. The van der Waals surface area contributed by atoms with Gasteiger partial charge in [0.25, 0.3) is 0 Å². The topological polar surface area (TPSA) is 67.9 Å². The molecule has 2 aromatic carbocycles. The summed E-state index contributed by atoms with van der Waals surface area (Å²) in [5, 5.41) is 0.971. The van der Waals surface area contributed by atoms with Crippen molar-refractivity contribution in [2.75, 3.05) is 7.11 Å². The minimum atomic E-state index is -0.347. The smallest absolute Gasteiger partial charge is 0.337 e. The first-order valence-electron chi connectivity index (χ1n) is 12.1. The van der Waals surface area contributed by atoms with E-state index in [1.54, 1.807) is 24.3 Å². The third-order valence-electron chi connectivity index (χ3n) is 8.19. The van der Waals surface area contributed by atoms with E-state index in [0.717, 1.165) is 34.2 Å². The molecule has 4 aromatic rings. The third-order valence-corrected chi connectivity index (χ3v) is 8.19. The summed E-state index contributed by atoms with van der Waals surface area (Å²) in [4.78, 5) is 24.5. The molecule has 0 amide bonds. The number of nitrogens with zero attached hydrogens (tertiary/aromatic N) is 2. The summed E-state index contributed by atoms with van der Waals surface area (Å²) in [6.45, 7) is 2.24. The first-order valence-corrected chi connectivity index (χ1v) is 12.1.